The molecule has 0 saturated heterocycles. The first kappa shape index (κ1) is 16.5. The summed E-state index contributed by atoms with van der Waals surface area (Å²) in [4.78, 5) is 11.0. The van der Waals surface area contributed by atoms with Gasteiger partial charge in [0.15, 0.2) is 18.1 Å². The number of hydrogen-bond acceptors (Lipinski definition) is 7. The first-order valence-electron chi connectivity index (χ1n) is 7.22. The second-order valence-electron chi connectivity index (χ2n) is 4.78. The number of amides is 1. The van der Waals surface area contributed by atoms with Gasteiger partial charge in [-0.25, -0.2) is 4.68 Å². The number of primary amides is 1. The fraction of sp³-hybridized carbons (Fsp3) is 0.429. The first-order chi connectivity index (χ1) is 11.2. The highest BCUT2D eigenvalue weighted by molar-refractivity contribution is 5.75. The molecule has 0 bridgehead atoms. The number of nitrogens with two attached hydrogens (primary N) is 1. The average Bonchev–Trinajstić information content (AvgIpc) is 2.98. The van der Waals surface area contributed by atoms with Gasteiger partial charge in [-0.3, -0.25) is 4.79 Å². The van der Waals surface area contributed by atoms with Crippen LogP contribution in [0, 0.1) is 0 Å². The molecule has 1 aromatic heterocycles. The maximum Gasteiger partial charge on any atom is 0.255 e. The Bertz CT molecular complexity index is 658. The van der Waals surface area contributed by atoms with E-state index in [-0.39, 0.29) is 6.61 Å². The maximum absolute atomic E-state index is 11.0. The van der Waals surface area contributed by atoms with E-state index in [0.29, 0.717) is 24.0 Å². The summed E-state index contributed by atoms with van der Waals surface area (Å²) in [5.41, 5.74) is 5.94. The van der Waals surface area contributed by atoms with Gasteiger partial charge < -0.3 is 20.5 Å². The van der Waals surface area contributed by atoms with E-state index in [0.717, 1.165) is 18.5 Å². The third kappa shape index (κ3) is 4.31. The summed E-state index contributed by atoms with van der Waals surface area (Å²) in [6, 6.07) is 5.45. The van der Waals surface area contributed by atoms with Crippen molar-refractivity contribution in [3.8, 4) is 11.5 Å². The number of aryl methyl sites for hydroxylation is 1. The molecule has 1 amide bonds. The van der Waals surface area contributed by atoms with Crippen LogP contribution in [0.1, 0.15) is 18.9 Å². The Morgan fingerprint density at radius 3 is 2.96 bits per heavy atom. The minimum Gasteiger partial charge on any atom is -0.493 e. The third-order valence-corrected chi connectivity index (χ3v) is 3.04. The van der Waals surface area contributed by atoms with Gasteiger partial charge in [0.25, 0.3) is 5.91 Å². The SMILES string of the molecule is CCCn1nnnc1NCc1cccc(OC)c1OCC(N)=O. The van der Waals surface area contributed by atoms with Crippen LogP contribution in [0.4, 0.5) is 5.95 Å². The Hall–Kier alpha value is -2.84. The molecule has 9 heteroatoms. The van der Waals surface area contributed by atoms with Gasteiger partial charge in [0, 0.05) is 18.7 Å². The third-order valence-electron chi connectivity index (χ3n) is 3.04. The predicted molar refractivity (Wildman–Crippen MR) is 83.1 cm³/mol. The van der Waals surface area contributed by atoms with Crippen molar-refractivity contribution in [2.45, 2.75) is 26.4 Å². The van der Waals surface area contributed by atoms with Crippen molar-refractivity contribution < 1.29 is 14.3 Å². The smallest absolute Gasteiger partial charge is 0.255 e. The van der Waals surface area contributed by atoms with Gasteiger partial charge in [0.05, 0.1) is 7.11 Å². The van der Waals surface area contributed by atoms with Crippen molar-refractivity contribution >= 4 is 11.9 Å². The largest absolute Gasteiger partial charge is 0.493 e. The molecule has 0 saturated carbocycles. The molecule has 0 unspecified atom stereocenters. The summed E-state index contributed by atoms with van der Waals surface area (Å²) in [5, 5.41) is 14.7. The van der Waals surface area contributed by atoms with Crippen LogP contribution in [0.5, 0.6) is 11.5 Å². The highest BCUT2D eigenvalue weighted by Gasteiger charge is 2.13. The second-order valence-corrected chi connectivity index (χ2v) is 4.78. The lowest BCUT2D eigenvalue weighted by atomic mass is 10.2. The van der Waals surface area contributed by atoms with E-state index in [1.165, 1.54) is 7.11 Å². The summed E-state index contributed by atoms with van der Waals surface area (Å²) in [6.45, 7) is 2.96. The molecular formula is C14H20N6O3. The van der Waals surface area contributed by atoms with Crippen LogP contribution in [0.3, 0.4) is 0 Å². The van der Waals surface area contributed by atoms with E-state index in [1.807, 2.05) is 19.1 Å². The number of benzene rings is 1. The summed E-state index contributed by atoms with van der Waals surface area (Å²) >= 11 is 0. The highest BCUT2D eigenvalue weighted by Crippen LogP contribution is 2.31. The molecule has 0 spiro atoms. The number of aromatic nitrogens is 4. The lowest BCUT2D eigenvalue weighted by molar-refractivity contribution is -0.119. The van der Waals surface area contributed by atoms with Crippen LogP contribution in [0.25, 0.3) is 0 Å². The topological polar surface area (TPSA) is 117 Å². The molecule has 2 rings (SSSR count). The van der Waals surface area contributed by atoms with E-state index < -0.39 is 5.91 Å². The van der Waals surface area contributed by atoms with Crippen molar-refractivity contribution in [3.05, 3.63) is 23.8 Å². The first-order valence-corrected chi connectivity index (χ1v) is 7.22. The van der Waals surface area contributed by atoms with E-state index in [1.54, 1.807) is 10.7 Å². The predicted octanol–water partition coefficient (Wildman–Crippen LogP) is 0.568. The van der Waals surface area contributed by atoms with Crippen molar-refractivity contribution in [1.29, 1.82) is 0 Å². The zero-order chi connectivity index (χ0) is 16.7. The molecule has 0 aliphatic heterocycles. The van der Waals surface area contributed by atoms with Crippen LogP contribution >= 0.6 is 0 Å². The van der Waals surface area contributed by atoms with Gasteiger partial charge in [0.1, 0.15) is 0 Å². The summed E-state index contributed by atoms with van der Waals surface area (Å²) in [5.74, 6) is 1.01. The lowest BCUT2D eigenvalue weighted by Crippen LogP contribution is -2.21. The van der Waals surface area contributed by atoms with Gasteiger partial charge in [0.2, 0.25) is 5.95 Å². The fourth-order valence-corrected chi connectivity index (χ4v) is 2.04. The van der Waals surface area contributed by atoms with Crippen LogP contribution < -0.4 is 20.5 Å². The number of carbonyl (C=O) groups is 1. The number of tetrazole rings is 1. The Morgan fingerprint density at radius 2 is 2.26 bits per heavy atom. The minimum atomic E-state index is -0.554. The summed E-state index contributed by atoms with van der Waals surface area (Å²) in [6.07, 6.45) is 0.922. The van der Waals surface area contributed by atoms with E-state index in [9.17, 15) is 4.79 Å². The Morgan fingerprint density at radius 1 is 1.43 bits per heavy atom. The minimum absolute atomic E-state index is 0.221. The number of para-hydroxylation sites is 1. The number of anilines is 1. The molecule has 9 nitrogen and oxygen atoms in total. The standard InChI is InChI=1S/C14H20N6O3/c1-3-7-20-14(17-18-19-20)16-8-10-5-4-6-11(22-2)13(10)23-9-12(15)21/h4-6H,3,7-9H2,1-2H3,(H2,15,21)(H,16,17,19). The molecule has 23 heavy (non-hydrogen) atoms. The van der Waals surface area contributed by atoms with Gasteiger partial charge in [-0.05, 0) is 22.9 Å². The molecule has 1 aromatic carbocycles. The Balaban J connectivity index is 2.14. The molecule has 0 fully saturated rings. The van der Waals surface area contributed by atoms with Crippen LogP contribution in [-0.2, 0) is 17.9 Å². The Kier molecular flexibility index (Phi) is 5.73. The number of methoxy groups -OCH3 is 1. The summed E-state index contributed by atoms with van der Waals surface area (Å²) < 4.78 is 12.4. The molecule has 3 N–H and O–H groups in total. The Labute approximate surface area is 133 Å². The quantitative estimate of drug-likeness (QED) is 0.693. The van der Waals surface area contributed by atoms with E-state index in [4.69, 9.17) is 15.2 Å². The fourth-order valence-electron chi connectivity index (χ4n) is 2.04. The maximum atomic E-state index is 11.0. The molecule has 2 aromatic rings. The second kappa shape index (κ2) is 7.97. The average molecular weight is 320 g/mol. The monoisotopic (exact) mass is 320 g/mol. The molecule has 0 atom stereocenters. The van der Waals surface area contributed by atoms with Crippen LogP contribution in [0.15, 0.2) is 18.2 Å². The van der Waals surface area contributed by atoms with Crippen molar-refractivity contribution in [1.82, 2.24) is 20.2 Å². The van der Waals surface area contributed by atoms with Gasteiger partial charge in [-0.1, -0.05) is 24.2 Å². The van der Waals surface area contributed by atoms with Crippen molar-refractivity contribution in [3.63, 3.8) is 0 Å². The van der Waals surface area contributed by atoms with Crippen molar-refractivity contribution in [2.24, 2.45) is 5.73 Å². The van der Waals surface area contributed by atoms with E-state index in [2.05, 4.69) is 20.8 Å². The van der Waals surface area contributed by atoms with Gasteiger partial charge in [-0.15, -0.1) is 0 Å². The number of carbonyl (C=O) groups excluding carboxylic acids is 1. The number of nitrogens with zero attached hydrogens (tertiary/aromatic N) is 4. The van der Waals surface area contributed by atoms with Crippen LogP contribution in [-0.4, -0.2) is 39.8 Å². The number of rotatable bonds is 9. The highest BCUT2D eigenvalue weighted by atomic mass is 16.5. The molecular weight excluding hydrogens is 300 g/mol. The number of nitrogens with one attached hydrogen (secondary N) is 1. The zero-order valence-corrected chi connectivity index (χ0v) is 13.2. The molecule has 0 aliphatic carbocycles. The van der Waals surface area contributed by atoms with Crippen LogP contribution in [0.2, 0.25) is 0 Å². The van der Waals surface area contributed by atoms with Crippen molar-refractivity contribution in [2.75, 3.05) is 19.0 Å². The van der Waals surface area contributed by atoms with E-state index >= 15 is 0 Å². The number of hydrogen-bond donors (Lipinski definition) is 2. The molecule has 0 radical (unpaired) electrons. The molecule has 1 heterocycles. The number of ether oxygens (including phenoxy) is 2. The van der Waals surface area contributed by atoms with Gasteiger partial charge in [-0.2, -0.15) is 0 Å². The molecule has 0 aliphatic rings. The summed E-state index contributed by atoms with van der Waals surface area (Å²) in [7, 11) is 1.53. The normalized spacial score (nSPS) is 10.3. The molecule has 124 valence electrons. The van der Waals surface area contributed by atoms with Gasteiger partial charge >= 0.3 is 0 Å². The lowest BCUT2D eigenvalue weighted by Gasteiger charge is -2.14. The zero-order valence-electron chi connectivity index (χ0n) is 13.2.